The van der Waals surface area contributed by atoms with Crippen LogP contribution in [0.3, 0.4) is 0 Å². The number of rotatable bonds is 5. The first-order valence-corrected chi connectivity index (χ1v) is 7.28. The lowest BCUT2D eigenvalue weighted by Gasteiger charge is -2.13. The topological polar surface area (TPSA) is 37.3 Å². The third kappa shape index (κ3) is 3.79. The van der Waals surface area contributed by atoms with E-state index in [1.54, 1.807) is 26.2 Å². The molecule has 1 heterocycles. The molecule has 1 amide bonds. The Morgan fingerprint density at radius 2 is 2.10 bits per heavy atom. The van der Waals surface area contributed by atoms with Gasteiger partial charge in [0.1, 0.15) is 0 Å². The van der Waals surface area contributed by atoms with Crippen LogP contribution in [0.25, 0.3) is 0 Å². The molecule has 0 bridgehead atoms. The predicted octanol–water partition coefficient (Wildman–Crippen LogP) is 3.48. The van der Waals surface area contributed by atoms with Crippen LogP contribution in [0.15, 0.2) is 36.7 Å². The molecule has 0 fully saturated rings. The van der Waals surface area contributed by atoms with Gasteiger partial charge in [0.15, 0.2) is 0 Å². The summed E-state index contributed by atoms with van der Waals surface area (Å²) in [5, 5.41) is 3.79. The van der Waals surface area contributed by atoms with Gasteiger partial charge in [0.2, 0.25) is 0 Å². The van der Waals surface area contributed by atoms with E-state index in [1.165, 1.54) is 10.5 Å². The number of amides is 1. The Hall–Kier alpha value is -1.94. The van der Waals surface area contributed by atoms with Crippen molar-refractivity contribution in [2.45, 2.75) is 20.0 Å². The fourth-order valence-electron chi connectivity index (χ4n) is 2.04. The van der Waals surface area contributed by atoms with Crippen molar-refractivity contribution in [1.82, 2.24) is 9.47 Å². The van der Waals surface area contributed by atoms with E-state index in [9.17, 15) is 4.79 Å². The van der Waals surface area contributed by atoms with Gasteiger partial charge >= 0.3 is 0 Å². The number of nitrogens with zero attached hydrogens (tertiary/aromatic N) is 2. The summed E-state index contributed by atoms with van der Waals surface area (Å²) in [6.07, 6.45) is 4.16. The molecular formula is C16H20ClN3O. The summed E-state index contributed by atoms with van der Waals surface area (Å²) >= 11 is 6.10. The van der Waals surface area contributed by atoms with Gasteiger partial charge in [0.05, 0.1) is 10.6 Å². The minimum Gasteiger partial charge on any atom is -0.381 e. The second-order valence-electron chi connectivity index (χ2n) is 5.10. The standard InChI is InChI=1S/C16H20ClN3O/c1-4-20-8-7-12(11-20)10-18-13-5-6-15(17)14(9-13)16(21)19(2)3/h5-9,11,18H,4,10H2,1-3H3. The van der Waals surface area contributed by atoms with E-state index in [0.29, 0.717) is 17.1 Å². The van der Waals surface area contributed by atoms with Gasteiger partial charge in [-0.25, -0.2) is 0 Å². The second-order valence-corrected chi connectivity index (χ2v) is 5.51. The number of halogens is 1. The van der Waals surface area contributed by atoms with E-state index >= 15 is 0 Å². The van der Waals surface area contributed by atoms with Crippen molar-refractivity contribution < 1.29 is 4.79 Å². The Bertz CT molecular complexity index is 634. The maximum absolute atomic E-state index is 12.0. The monoisotopic (exact) mass is 305 g/mol. The number of carbonyl (C=O) groups excluding carboxylic acids is 1. The van der Waals surface area contributed by atoms with E-state index in [1.807, 2.05) is 6.07 Å². The molecule has 0 unspecified atom stereocenters. The summed E-state index contributed by atoms with van der Waals surface area (Å²) in [6, 6.07) is 7.50. The SMILES string of the molecule is CCn1ccc(CNc2ccc(Cl)c(C(=O)N(C)C)c2)c1. The predicted molar refractivity (Wildman–Crippen MR) is 86.9 cm³/mol. The Labute approximate surface area is 130 Å². The van der Waals surface area contributed by atoms with Crippen molar-refractivity contribution in [3.63, 3.8) is 0 Å². The summed E-state index contributed by atoms with van der Waals surface area (Å²) in [5.74, 6) is -0.0965. The van der Waals surface area contributed by atoms with Crippen LogP contribution in [0.1, 0.15) is 22.8 Å². The van der Waals surface area contributed by atoms with Crippen molar-refractivity contribution in [2.24, 2.45) is 0 Å². The highest BCUT2D eigenvalue weighted by Crippen LogP contribution is 2.22. The zero-order chi connectivity index (χ0) is 15.4. The number of benzene rings is 1. The molecule has 2 aromatic rings. The highest BCUT2D eigenvalue weighted by Gasteiger charge is 2.13. The lowest BCUT2D eigenvalue weighted by atomic mass is 10.1. The third-order valence-electron chi connectivity index (χ3n) is 3.28. The minimum atomic E-state index is -0.0965. The van der Waals surface area contributed by atoms with Crippen molar-refractivity contribution >= 4 is 23.2 Å². The van der Waals surface area contributed by atoms with Crippen LogP contribution < -0.4 is 5.32 Å². The van der Waals surface area contributed by atoms with Crippen molar-refractivity contribution in [1.29, 1.82) is 0 Å². The van der Waals surface area contributed by atoms with Crippen LogP contribution in [0.2, 0.25) is 5.02 Å². The van der Waals surface area contributed by atoms with Gasteiger partial charge in [0, 0.05) is 45.3 Å². The van der Waals surface area contributed by atoms with E-state index in [2.05, 4.69) is 35.3 Å². The number of nitrogens with one attached hydrogen (secondary N) is 1. The highest BCUT2D eigenvalue weighted by molar-refractivity contribution is 6.34. The lowest BCUT2D eigenvalue weighted by Crippen LogP contribution is -2.22. The maximum Gasteiger partial charge on any atom is 0.254 e. The molecule has 0 spiro atoms. The largest absolute Gasteiger partial charge is 0.381 e. The van der Waals surface area contributed by atoms with Crippen LogP contribution in [0.5, 0.6) is 0 Å². The van der Waals surface area contributed by atoms with Gasteiger partial charge in [-0.3, -0.25) is 4.79 Å². The molecule has 21 heavy (non-hydrogen) atoms. The van der Waals surface area contributed by atoms with Crippen LogP contribution in [0.4, 0.5) is 5.69 Å². The Morgan fingerprint density at radius 1 is 1.33 bits per heavy atom. The molecule has 112 valence electrons. The van der Waals surface area contributed by atoms with E-state index < -0.39 is 0 Å². The minimum absolute atomic E-state index is 0.0965. The Balaban J connectivity index is 2.10. The Morgan fingerprint density at radius 3 is 2.71 bits per heavy atom. The lowest BCUT2D eigenvalue weighted by molar-refractivity contribution is 0.0828. The third-order valence-corrected chi connectivity index (χ3v) is 3.61. The number of aryl methyl sites for hydroxylation is 1. The molecule has 1 aromatic heterocycles. The molecule has 4 nitrogen and oxygen atoms in total. The fraction of sp³-hybridized carbons (Fsp3) is 0.312. The number of aromatic nitrogens is 1. The molecule has 2 rings (SSSR count). The van der Waals surface area contributed by atoms with Gasteiger partial charge in [-0.15, -0.1) is 0 Å². The quantitative estimate of drug-likeness (QED) is 0.918. The summed E-state index contributed by atoms with van der Waals surface area (Å²) < 4.78 is 2.12. The molecule has 0 aliphatic heterocycles. The molecule has 5 heteroatoms. The summed E-state index contributed by atoms with van der Waals surface area (Å²) in [5.41, 5.74) is 2.60. The van der Waals surface area contributed by atoms with E-state index in [4.69, 9.17) is 11.6 Å². The average Bonchev–Trinajstić information content (AvgIpc) is 2.93. The number of anilines is 1. The van der Waals surface area contributed by atoms with Gasteiger partial charge in [-0.2, -0.15) is 0 Å². The van der Waals surface area contributed by atoms with Crippen LogP contribution in [-0.4, -0.2) is 29.5 Å². The summed E-state index contributed by atoms with van der Waals surface area (Å²) in [4.78, 5) is 13.6. The zero-order valence-corrected chi connectivity index (χ0v) is 13.3. The van der Waals surface area contributed by atoms with Crippen molar-refractivity contribution in [3.05, 3.63) is 52.8 Å². The zero-order valence-electron chi connectivity index (χ0n) is 12.6. The van der Waals surface area contributed by atoms with Gasteiger partial charge in [-0.1, -0.05) is 11.6 Å². The smallest absolute Gasteiger partial charge is 0.254 e. The van der Waals surface area contributed by atoms with Crippen LogP contribution in [0, 0.1) is 0 Å². The van der Waals surface area contributed by atoms with Crippen LogP contribution in [-0.2, 0) is 13.1 Å². The Kier molecular flexibility index (Phi) is 4.91. The first kappa shape index (κ1) is 15.4. The summed E-state index contributed by atoms with van der Waals surface area (Å²) in [7, 11) is 3.43. The van der Waals surface area contributed by atoms with Gasteiger partial charge in [-0.05, 0) is 36.8 Å². The van der Waals surface area contributed by atoms with Crippen molar-refractivity contribution in [2.75, 3.05) is 19.4 Å². The first-order chi connectivity index (χ1) is 10.0. The summed E-state index contributed by atoms with van der Waals surface area (Å²) in [6.45, 7) is 3.78. The highest BCUT2D eigenvalue weighted by atomic mass is 35.5. The van der Waals surface area contributed by atoms with Crippen molar-refractivity contribution in [3.8, 4) is 0 Å². The first-order valence-electron chi connectivity index (χ1n) is 6.91. The molecule has 0 aliphatic rings. The van der Waals surface area contributed by atoms with E-state index in [-0.39, 0.29) is 5.91 Å². The van der Waals surface area contributed by atoms with E-state index in [0.717, 1.165) is 12.2 Å². The van der Waals surface area contributed by atoms with Crippen LogP contribution >= 0.6 is 11.6 Å². The second kappa shape index (κ2) is 6.68. The number of hydrogen-bond acceptors (Lipinski definition) is 2. The molecule has 0 aliphatic carbocycles. The number of hydrogen-bond donors (Lipinski definition) is 1. The molecular weight excluding hydrogens is 286 g/mol. The number of carbonyl (C=O) groups is 1. The molecule has 0 saturated heterocycles. The van der Waals surface area contributed by atoms with Gasteiger partial charge < -0.3 is 14.8 Å². The maximum atomic E-state index is 12.0. The molecule has 0 saturated carbocycles. The molecule has 1 aromatic carbocycles. The van der Waals surface area contributed by atoms with Gasteiger partial charge in [0.25, 0.3) is 5.91 Å². The normalized spacial score (nSPS) is 10.5. The fourth-order valence-corrected chi connectivity index (χ4v) is 2.23. The average molecular weight is 306 g/mol. The molecule has 0 atom stereocenters. The molecule has 1 N–H and O–H groups in total. The molecule has 0 radical (unpaired) electrons.